The van der Waals surface area contributed by atoms with Crippen molar-refractivity contribution in [3.8, 4) is 11.5 Å². The zero-order valence-electron chi connectivity index (χ0n) is 17.6. The standard InChI is InChI=1S/C23H23ClN2O5S/c1-3-16-4-6-17(7-5-16)25-23(27)15-31-19-9-11-20(12-10-19)32(28,29)26-18-8-13-22(30-2)21(24)14-18/h4-14,26H,3,15H2,1-2H3,(H,25,27). The van der Waals surface area contributed by atoms with Crippen molar-refractivity contribution in [3.63, 3.8) is 0 Å². The maximum absolute atomic E-state index is 12.6. The molecule has 0 atom stereocenters. The second-order valence-corrected chi connectivity index (χ2v) is 8.90. The summed E-state index contributed by atoms with van der Waals surface area (Å²) in [6, 6.07) is 17.9. The molecule has 7 nitrogen and oxygen atoms in total. The van der Waals surface area contributed by atoms with Gasteiger partial charge in [0, 0.05) is 5.69 Å². The molecule has 3 aromatic rings. The van der Waals surface area contributed by atoms with Crippen LogP contribution in [0.15, 0.2) is 71.6 Å². The van der Waals surface area contributed by atoms with E-state index in [2.05, 4.69) is 17.0 Å². The van der Waals surface area contributed by atoms with Crippen LogP contribution in [0.2, 0.25) is 5.02 Å². The Morgan fingerprint density at radius 3 is 2.22 bits per heavy atom. The Balaban J connectivity index is 1.57. The van der Waals surface area contributed by atoms with Crippen molar-refractivity contribution in [2.24, 2.45) is 0 Å². The van der Waals surface area contributed by atoms with Gasteiger partial charge in [0.25, 0.3) is 15.9 Å². The number of halogens is 1. The highest BCUT2D eigenvalue weighted by atomic mass is 35.5. The van der Waals surface area contributed by atoms with Gasteiger partial charge in [-0.05, 0) is 66.6 Å². The summed E-state index contributed by atoms with van der Waals surface area (Å²) in [7, 11) is -2.35. The third kappa shape index (κ3) is 6.15. The summed E-state index contributed by atoms with van der Waals surface area (Å²) in [5.74, 6) is 0.495. The average Bonchev–Trinajstić information content (AvgIpc) is 2.78. The third-order valence-electron chi connectivity index (χ3n) is 4.55. The lowest BCUT2D eigenvalue weighted by Gasteiger charge is -2.11. The zero-order valence-corrected chi connectivity index (χ0v) is 19.2. The number of rotatable bonds is 9. The maximum atomic E-state index is 12.6. The molecule has 2 N–H and O–H groups in total. The highest BCUT2D eigenvalue weighted by Crippen LogP contribution is 2.28. The number of aryl methyl sites for hydroxylation is 1. The molecular formula is C23H23ClN2O5S. The molecule has 1 amide bonds. The van der Waals surface area contributed by atoms with Gasteiger partial charge in [0.15, 0.2) is 6.61 Å². The minimum absolute atomic E-state index is 0.0391. The second-order valence-electron chi connectivity index (χ2n) is 6.81. The topological polar surface area (TPSA) is 93.7 Å². The highest BCUT2D eigenvalue weighted by Gasteiger charge is 2.15. The molecule has 0 saturated heterocycles. The molecule has 0 fully saturated rings. The summed E-state index contributed by atoms with van der Waals surface area (Å²) in [5, 5.41) is 3.04. The monoisotopic (exact) mass is 474 g/mol. The molecule has 0 aliphatic heterocycles. The Morgan fingerprint density at radius 1 is 0.969 bits per heavy atom. The molecule has 9 heteroatoms. The number of amides is 1. The summed E-state index contributed by atoms with van der Waals surface area (Å²) in [6.07, 6.45) is 0.923. The maximum Gasteiger partial charge on any atom is 0.262 e. The van der Waals surface area contributed by atoms with Crippen LogP contribution in [-0.4, -0.2) is 28.0 Å². The van der Waals surface area contributed by atoms with Crippen molar-refractivity contribution in [1.29, 1.82) is 0 Å². The zero-order chi connectivity index (χ0) is 23.1. The molecular weight excluding hydrogens is 452 g/mol. The summed E-state index contributed by atoms with van der Waals surface area (Å²) >= 11 is 6.04. The number of ether oxygens (including phenoxy) is 2. The van der Waals surface area contributed by atoms with E-state index in [-0.39, 0.29) is 22.4 Å². The normalized spacial score (nSPS) is 11.0. The summed E-state index contributed by atoms with van der Waals surface area (Å²) in [6.45, 7) is 1.85. The first-order valence-corrected chi connectivity index (χ1v) is 11.6. The summed E-state index contributed by atoms with van der Waals surface area (Å²) in [5.41, 5.74) is 2.17. The van der Waals surface area contributed by atoms with Crippen molar-refractivity contribution in [2.45, 2.75) is 18.2 Å². The van der Waals surface area contributed by atoms with Crippen molar-refractivity contribution in [2.75, 3.05) is 23.8 Å². The van der Waals surface area contributed by atoms with Crippen LogP contribution in [0.1, 0.15) is 12.5 Å². The molecule has 32 heavy (non-hydrogen) atoms. The summed E-state index contributed by atoms with van der Waals surface area (Å²) < 4.78 is 38.2. The van der Waals surface area contributed by atoms with Crippen molar-refractivity contribution < 1.29 is 22.7 Å². The van der Waals surface area contributed by atoms with E-state index >= 15 is 0 Å². The highest BCUT2D eigenvalue weighted by molar-refractivity contribution is 7.92. The Bertz CT molecular complexity index is 1180. The van der Waals surface area contributed by atoms with E-state index in [4.69, 9.17) is 21.1 Å². The molecule has 0 aliphatic carbocycles. The van der Waals surface area contributed by atoms with E-state index in [1.165, 1.54) is 43.0 Å². The Hall–Kier alpha value is -3.23. The van der Waals surface area contributed by atoms with E-state index in [0.717, 1.165) is 6.42 Å². The molecule has 0 aromatic heterocycles. The van der Waals surface area contributed by atoms with Crippen LogP contribution in [0.4, 0.5) is 11.4 Å². The number of sulfonamides is 1. The van der Waals surface area contributed by atoms with E-state index < -0.39 is 10.0 Å². The van der Waals surface area contributed by atoms with Crippen molar-refractivity contribution >= 4 is 38.9 Å². The van der Waals surface area contributed by atoms with Gasteiger partial charge in [-0.25, -0.2) is 8.42 Å². The van der Waals surface area contributed by atoms with Crippen LogP contribution in [-0.2, 0) is 21.2 Å². The van der Waals surface area contributed by atoms with Crippen LogP contribution >= 0.6 is 11.6 Å². The molecule has 0 heterocycles. The fraction of sp³-hybridized carbons (Fsp3) is 0.174. The SMILES string of the molecule is CCc1ccc(NC(=O)COc2ccc(S(=O)(=O)Nc3ccc(OC)c(Cl)c3)cc2)cc1. The number of anilines is 2. The minimum atomic E-state index is -3.83. The molecule has 0 spiro atoms. The fourth-order valence-electron chi connectivity index (χ4n) is 2.83. The number of carbonyl (C=O) groups is 1. The van der Waals surface area contributed by atoms with Gasteiger partial charge in [0.1, 0.15) is 11.5 Å². The molecule has 0 saturated carbocycles. The predicted octanol–water partition coefficient (Wildman–Crippen LogP) is 4.73. The van der Waals surface area contributed by atoms with Gasteiger partial charge in [-0.3, -0.25) is 9.52 Å². The molecule has 3 aromatic carbocycles. The van der Waals surface area contributed by atoms with Gasteiger partial charge in [0.05, 0.1) is 22.7 Å². The average molecular weight is 475 g/mol. The van der Waals surface area contributed by atoms with Crippen LogP contribution in [0.25, 0.3) is 0 Å². The van der Waals surface area contributed by atoms with Crippen molar-refractivity contribution in [3.05, 3.63) is 77.3 Å². The minimum Gasteiger partial charge on any atom is -0.495 e. The largest absolute Gasteiger partial charge is 0.495 e. The first-order chi connectivity index (χ1) is 15.3. The van der Waals surface area contributed by atoms with E-state index in [1.54, 1.807) is 12.1 Å². The number of benzene rings is 3. The number of carbonyl (C=O) groups excluding carboxylic acids is 1. The first kappa shape index (κ1) is 23.4. The predicted molar refractivity (Wildman–Crippen MR) is 125 cm³/mol. The number of hydrogen-bond acceptors (Lipinski definition) is 5. The first-order valence-electron chi connectivity index (χ1n) is 9.78. The van der Waals surface area contributed by atoms with Gasteiger partial charge >= 0.3 is 0 Å². The number of hydrogen-bond donors (Lipinski definition) is 2. The number of nitrogens with one attached hydrogen (secondary N) is 2. The molecule has 168 valence electrons. The molecule has 0 aliphatic rings. The second kappa shape index (κ2) is 10.4. The van der Waals surface area contributed by atoms with E-state index in [9.17, 15) is 13.2 Å². The smallest absolute Gasteiger partial charge is 0.262 e. The Labute approximate surface area is 192 Å². The Kier molecular flexibility index (Phi) is 7.61. The van der Waals surface area contributed by atoms with Gasteiger partial charge in [-0.1, -0.05) is 30.7 Å². The van der Waals surface area contributed by atoms with Crippen LogP contribution in [0.5, 0.6) is 11.5 Å². The Morgan fingerprint density at radius 2 is 1.62 bits per heavy atom. The van der Waals surface area contributed by atoms with Gasteiger partial charge < -0.3 is 14.8 Å². The summed E-state index contributed by atoms with van der Waals surface area (Å²) in [4.78, 5) is 12.1. The van der Waals surface area contributed by atoms with E-state index in [1.807, 2.05) is 24.3 Å². The number of methoxy groups -OCH3 is 1. The van der Waals surface area contributed by atoms with Gasteiger partial charge in [-0.2, -0.15) is 0 Å². The molecule has 0 bridgehead atoms. The van der Waals surface area contributed by atoms with Crippen LogP contribution in [0, 0.1) is 0 Å². The fourth-order valence-corrected chi connectivity index (χ4v) is 4.14. The van der Waals surface area contributed by atoms with Gasteiger partial charge in [-0.15, -0.1) is 0 Å². The van der Waals surface area contributed by atoms with E-state index in [0.29, 0.717) is 22.9 Å². The molecule has 3 rings (SSSR count). The lowest BCUT2D eigenvalue weighted by molar-refractivity contribution is -0.118. The van der Waals surface area contributed by atoms with Gasteiger partial charge in [0.2, 0.25) is 0 Å². The van der Waals surface area contributed by atoms with Crippen LogP contribution < -0.4 is 19.5 Å². The van der Waals surface area contributed by atoms with Crippen LogP contribution in [0.3, 0.4) is 0 Å². The lowest BCUT2D eigenvalue weighted by atomic mass is 10.1. The third-order valence-corrected chi connectivity index (χ3v) is 6.25. The quantitative estimate of drug-likeness (QED) is 0.467. The molecule has 0 unspecified atom stereocenters. The lowest BCUT2D eigenvalue weighted by Crippen LogP contribution is -2.20. The van der Waals surface area contributed by atoms with Crippen molar-refractivity contribution in [1.82, 2.24) is 0 Å². The molecule has 0 radical (unpaired) electrons.